The van der Waals surface area contributed by atoms with Gasteiger partial charge in [-0.3, -0.25) is 14.7 Å². The Labute approximate surface area is 166 Å². The SMILES string of the molecule is O=C(C1CCCN(c2ncccn2)C1)N1CCN(CCc2ccncc2)CC1. The van der Waals surface area contributed by atoms with Gasteiger partial charge in [-0.05, 0) is 43.0 Å². The summed E-state index contributed by atoms with van der Waals surface area (Å²) in [5.41, 5.74) is 1.32. The van der Waals surface area contributed by atoms with Crippen molar-refractivity contribution in [3.8, 4) is 0 Å². The molecule has 0 saturated carbocycles. The summed E-state index contributed by atoms with van der Waals surface area (Å²) in [6.45, 7) is 6.25. The van der Waals surface area contributed by atoms with Gasteiger partial charge >= 0.3 is 0 Å². The Hall–Kier alpha value is -2.54. The van der Waals surface area contributed by atoms with E-state index in [-0.39, 0.29) is 5.92 Å². The van der Waals surface area contributed by atoms with Crippen LogP contribution in [0.15, 0.2) is 43.0 Å². The number of rotatable bonds is 5. The van der Waals surface area contributed by atoms with Crippen LogP contribution in [0.25, 0.3) is 0 Å². The van der Waals surface area contributed by atoms with Gasteiger partial charge in [0.1, 0.15) is 0 Å². The standard InChI is InChI=1S/C21H28N6O/c28-20(19-3-1-11-27(17-19)21-23-7-2-8-24-21)26-15-13-25(14-16-26)12-6-18-4-9-22-10-5-18/h2,4-5,7-10,19H,1,3,6,11-17H2. The van der Waals surface area contributed by atoms with E-state index in [2.05, 4.69) is 41.8 Å². The zero-order valence-electron chi connectivity index (χ0n) is 16.3. The van der Waals surface area contributed by atoms with Crippen molar-refractivity contribution in [3.63, 3.8) is 0 Å². The molecule has 0 aromatic carbocycles. The molecule has 2 aromatic rings. The number of piperazine rings is 1. The molecule has 148 valence electrons. The molecular weight excluding hydrogens is 352 g/mol. The van der Waals surface area contributed by atoms with Crippen molar-refractivity contribution in [2.45, 2.75) is 19.3 Å². The Kier molecular flexibility index (Phi) is 6.11. The number of hydrogen-bond acceptors (Lipinski definition) is 6. The van der Waals surface area contributed by atoms with Crippen LogP contribution >= 0.6 is 0 Å². The summed E-state index contributed by atoms with van der Waals surface area (Å²) in [6, 6.07) is 5.97. The smallest absolute Gasteiger partial charge is 0.227 e. The average Bonchev–Trinajstić information content (AvgIpc) is 2.79. The molecule has 2 fully saturated rings. The highest BCUT2D eigenvalue weighted by molar-refractivity contribution is 5.79. The molecule has 0 bridgehead atoms. The molecular formula is C21H28N6O. The first-order valence-electron chi connectivity index (χ1n) is 10.2. The highest BCUT2D eigenvalue weighted by atomic mass is 16.2. The zero-order valence-corrected chi connectivity index (χ0v) is 16.3. The van der Waals surface area contributed by atoms with Gasteiger partial charge in [0.05, 0.1) is 5.92 Å². The van der Waals surface area contributed by atoms with Crippen LogP contribution in [-0.4, -0.2) is 76.5 Å². The largest absolute Gasteiger partial charge is 0.340 e. The minimum Gasteiger partial charge on any atom is -0.340 e. The molecule has 2 saturated heterocycles. The third-order valence-electron chi connectivity index (χ3n) is 5.76. The van der Waals surface area contributed by atoms with E-state index >= 15 is 0 Å². The van der Waals surface area contributed by atoms with Gasteiger partial charge in [-0.25, -0.2) is 9.97 Å². The number of anilines is 1. The maximum absolute atomic E-state index is 13.0. The lowest BCUT2D eigenvalue weighted by atomic mass is 9.96. The van der Waals surface area contributed by atoms with Crippen LogP contribution in [0.5, 0.6) is 0 Å². The van der Waals surface area contributed by atoms with Crippen LogP contribution in [-0.2, 0) is 11.2 Å². The van der Waals surface area contributed by atoms with Crippen LogP contribution in [0.3, 0.4) is 0 Å². The van der Waals surface area contributed by atoms with Crippen molar-refractivity contribution in [1.82, 2.24) is 24.8 Å². The van der Waals surface area contributed by atoms with E-state index in [0.29, 0.717) is 5.91 Å². The Morgan fingerprint density at radius 3 is 2.50 bits per heavy atom. The summed E-state index contributed by atoms with van der Waals surface area (Å²) in [7, 11) is 0. The Morgan fingerprint density at radius 1 is 1.00 bits per heavy atom. The van der Waals surface area contributed by atoms with Crippen LogP contribution < -0.4 is 4.90 Å². The van der Waals surface area contributed by atoms with Gasteiger partial charge in [-0.1, -0.05) is 0 Å². The maximum Gasteiger partial charge on any atom is 0.227 e. The highest BCUT2D eigenvalue weighted by Crippen LogP contribution is 2.22. The van der Waals surface area contributed by atoms with Crippen molar-refractivity contribution in [1.29, 1.82) is 0 Å². The van der Waals surface area contributed by atoms with E-state index in [1.54, 1.807) is 12.4 Å². The first-order valence-corrected chi connectivity index (χ1v) is 10.2. The number of carbonyl (C=O) groups is 1. The van der Waals surface area contributed by atoms with Gasteiger partial charge < -0.3 is 9.80 Å². The fourth-order valence-corrected chi connectivity index (χ4v) is 4.10. The van der Waals surface area contributed by atoms with Crippen molar-refractivity contribution in [3.05, 3.63) is 48.5 Å². The second-order valence-electron chi connectivity index (χ2n) is 7.61. The molecule has 7 nitrogen and oxygen atoms in total. The molecule has 0 N–H and O–H groups in total. The predicted octanol–water partition coefficient (Wildman–Crippen LogP) is 1.47. The van der Waals surface area contributed by atoms with Crippen LogP contribution in [0.2, 0.25) is 0 Å². The molecule has 0 aliphatic carbocycles. The maximum atomic E-state index is 13.0. The molecule has 28 heavy (non-hydrogen) atoms. The molecule has 2 aliphatic heterocycles. The number of hydrogen-bond donors (Lipinski definition) is 0. The van der Waals surface area contributed by atoms with E-state index in [0.717, 1.165) is 71.0 Å². The van der Waals surface area contributed by atoms with Crippen LogP contribution in [0, 0.1) is 5.92 Å². The van der Waals surface area contributed by atoms with Crippen molar-refractivity contribution in [2.24, 2.45) is 5.92 Å². The monoisotopic (exact) mass is 380 g/mol. The number of pyridine rings is 1. The molecule has 2 aromatic heterocycles. The minimum atomic E-state index is 0.0564. The molecule has 0 radical (unpaired) electrons. The predicted molar refractivity (Wildman–Crippen MR) is 108 cm³/mol. The summed E-state index contributed by atoms with van der Waals surface area (Å²) < 4.78 is 0. The lowest BCUT2D eigenvalue weighted by Crippen LogP contribution is -2.52. The topological polar surface area (TPSA) is 65.5 Å². The average molecular weight is 380 g/mol. The van der Waals surface area contributed by atoms with E-state index in [9.17, 15) is 4.79 Å². The summed E-state index contributed by atoms with van der Waals surface area (Å²) in [5, 5.41) is 0. The van der Waals surface area contributed by atoms with Gasteiger partial charge in [-0.2, -0.15) is 0 Å². The summed E-state index contributed by atoms with van der Waals surface area (Å²) in [6.07, 6.45) is 10.2. The summed E-state index contributed by atoms with van der Waals surface area (Å²) in [4.78, 5) is 32.5. The Bertz CT molecular complexity index is 748. The fourth-order valence-electron chi connectivity index (χ4n) is 4.10. The van der Waals surface area contributed by atoms with Gasteiger partial charge in [-0.15, -0.1) is 0 Å². The van der Waals surface area contributed by atoms with Gasteiger partial charge in [0.25, 0.3) is 0 Å². The molecule has 7 heteroatoms. The van der Waals surface area contributed by atoms with Crippen LogP contribution in [0.1, 0.15) is 18.4 Å². The lowest BCUT2D eigenvalue weighted by molar-refractivity contribution is -0.137. The molecule has 4 rings (SSSR count). The third-order valence-corrected chi connectivity index (χ3v) is 5.76. The minimum absolute atomic E-state index is 0.0564. The Morgan fingerprint density at radius 2 is 1.75 bits per heavy atom. The molecule has 1 unspecified atom stereocenters. The van der Waals surface area contributed by atoms with Gasteiger partial charge in [0, 0.05) is 70.6 Å². The highest BCUT2D eigenvalue weighted by Gasteiger charge is 2.31. The van der Waals surface area contributed by atoms with Crippen molar-refractivity contribution < 1.29 is 4.79 Å². The van der Waals surface area contributed by atoms with E-state index in [1.165, 1.54) is 5.56 Å². The zero-order chi connectivity index (χ0) is 19.2. The van der Waals surface area contributed by atoms with Crippen molar-refractivity contribution in [2.75, 3.05) is 50.7 Å². The molecule has 0 spiro atoms. The molecule has 4 heterocycles. The second kappa shape index (κ2) is 9.10. The van der Waals surface area contributed by atoms with E-state index < -0.39 is 0 Å². The van der Waals surface area contributed by atoms with E-state index in [4.69, 9.17) is 0 Å². The second-order valence-corrected chi connectivity index (χ2v) is 7.61. The molecule has 1 atom stereocenters. The normalized spacial score (nSPS) is 20.9. The number of carbonyl (C=O) groups excluding carboxylic acids is 1. The first-order chi connectivity index (χ1) is 13.8. The number of nitrogens with zero attached hydrogens (tertiary/aromatic N) is 6. The molecule has 1 amide bonds. The van der Waals surface area contributed by atoms with E-state index in [1.807, 2.05) is 18.5 Å². The summed E-state index contributed by atoms with van der Waals surface area (Å²) >= 11 is 0. The van der Waals surface area contributed by atoms with Crippen LogP contribution in [0.4, 0.5) is 5.95 Å². The third kappa shape index (κ3) is 4.65. The van der Waals surface area contributed by atoms with Crippen molar-refractivity contribution >= 4 is 11.9 Å². The number of piperidine rings is 1. The van der Waals surface area contributed by atoms with Gasteiger partial charge in [0.2, 0.25) is 11.9 Å². The quantitative estimate of drug-likeness (QED) is 0.783. The first kappa shape index (κ1) is 18.8. The summed E-state index contributed by atoms with van der Waals surface area (Å²) in [5.74, 6) is 1.09. The van der Waals surface area contributed by atoms with Gasteiger partial charge in [0.15, 0.2) is 0 Å². The lowest BCUT2D eigenvalue weighted by Gasteiger charge is -2.39. The number of aromatic nitrogens is 3. The number of amides is 1. The molecule has 2 aliphatic rings. The Balaban J connectivity index is 1.25. The fraction of sp³-hybridized carbons (Fsp3) is 0.524.